The Morgan fingerprint density at radius 1 is 0.490 bits per heavy atom. The fourth-order valence-electron chi connectivity index (χ4n) is 6.79. The molecule has 0 amide bonds. The average Bonchev–Trinajstić information content (AvgIpc) is 3.70. The van der Waals surface area contributed by atoms with Crippen LogP contribution >= 0.6 is 0 Å². The van der Waals surface area contributed by atoms with Gasteiger partial charge in [0.25, 0.3) is 0 Å². The van der Waals surface area contributed by atoms with Crippen LogP contribution in [0.3, 0.4) is 0 Å². The Morgan fingerprint density at radius 2 is 0.857 bits per heavy atom. The Kier molecular flexibility index (Phi) is 8.24. The Labute approximate surface area is 280 Å². The van der Waals surface area contributed by atoms with Gasteiger partial charge in [-0.05, 0) is 48.9 Å². The Balaban J connectivity index is 1.56. The molecule has 0 atom stereocenters. The molecule has 0 N–H and O–H groups in total. The van der Waals surface area contributed by atoms with Crippen molar-refractivity contribution in [1.82, 2.24) is 0 Å². The lowest BCUT2D eigenvalue weighted by Crippen LogP contribution is -2.48. The molecule has 6 aromatic rings. The quantitative estimate of drug-likeness (QED) is 0.135. The van der Waals surface area contributed by atoms with E-state index in [1.54, 1.807) is 60.7 Å². The van der Waals surface area contributed by atoms with Gasteiger partial charge in [-0.2, -0.15) is 26.3 Å². The molecule has 0 fully saturated rings. The Bertz CT molecular complexity index is 2010. The summed E-state index contributed by atoms with van der Waals surface area (Å²) in [5, 5.41) is 0.0331. The van der Waals surface area contributed by atoms with E-state index in [9.17, 15) is 0 Å². The summed E-state index contributed by atoms with van der Waals surface area (Å²) in [6.45, 7) is 4.12. The van der Waals surface area contributed by atoms with Crippen LogP contribution in [0.25, 0.3) is 55.7 Å². The zero-order valence-electron chi connectivity index (χ0n) is 27.1. The van der Waals surface area contributed by atoms with Crippen molar-refractivity contribution in [2.45, 2.75) is 70.1 Å². The largest absolute Gasteiger partial charge is 0.455 e. The molecule has 1 aliphatic rings. The lowest BCUT2D eigenvalue weighted by Gasteiger charge is -2.26. The molecule has 2 heterocycles. The van der Waals surface area contributed by atoms with E-state index in [0.29, 0.717) is 11.1 Å². The number of unbranched alkanes of at least 4 members (excludes halogenated alkanes) is 2. The second-order valence-corrected chi connectivity index (χ2v) is 12.7. The van der Waals surface area contributed by atoms with E-state index in [2.05, 4.69) is 13.8 Å². The monoisotopic (exact) mass is 672 g/mol. The highest BCUT2D eigenvalue weighted by Gasteiger charge is 2.81. The first-order valence-electron chi connectivity index (χ1n) is 16.6. The Morgan fingerprint density at radius 3 is 1.22 bits per heavy atom. The van der Waals surface area contributed by atoms with Crippen molar-refractivity contribution in [2.75, 3.05) is 0 Å². The SMILES string of the molecule is CCCCc1ccc(-c2oc3ccccc3c2C2=C(c3c(-c4ccc(CCCC)cc4)oc4ccccc34)C(F)(F)C(F)(F)C2(F)F)cc1. The summed E-state index contributed by atoms with van der Waals surface area (Å²) >= 11 is 0. The zero-order chi connectivity index (χ0) is 34.6. The molecule has 4 aromatic carbocycles. The van der Waals surface area contributed by atoms with Crippen molar-refractivity contribution in [1.29, 1.82) is 0 Å². The minimum absolute atomic E-state index is 0.0165. The standard InChI is InChI=1S/C41H34F6O2/c1-3-5-11-25-17-21-27(22-18-25)37-33(29-13-7-9-15-31(29)48-37)35-36(40(44,45)41(46,47)39(35,42)43)34-30-14-8-10-16-32(30)49-38(34)28-23-19-26(20-24-28)12-6-4-2/h7-10,13-24H,3-6,11-12H2,1-2H3. The van der Waals surface area contributed by atoms with E-state index in [4.69, 9.17) is 8.83 Å². The molecule has 0 bridgehead atoms. The van der Waals surface area contributed by atoms with Gasteiger partial charge in [-0.15, -0.1) is 0 Å². The van der Waals surface area contributed by atoms with Crippen LogP contribution in [-0.4, -0.2) is 17.8 Å². The summed E-state index contributed by atoms with van der Waals surface area (Å²) in [4.78, 5) is 0. The van der Waals surface area contributed by atoms with Gasteiger partial charge in [0.05, 0.1) is 0 Å². The van der Waals surface area contributed by atoms with Crippen LogP contribution in [0.1, 0.15) is 61.8 Å². The van der Waals surface area contributed by atoms with Crippen molar-refractivity contribution in [3.63, 3.8) is 0 Å². The first-order chi connectivity index (χ1) is 23.5. The summed E-state index contributed by atoms with van der Waals surface area (Å²) in [6, 6.07) is 25.9. The maximum Gasteiger partial charge on any atom is 0.380 e. The molecule has 1 aliphatic carbocycles. The van der Waals surface area contributed by atoms with E-state index in [1.165, 1.54) is 36.4 Å². The third kappa shape index (κ3) is 5.18. The number of aryl methyl sites for hydroxylation is 2. The van der Waals surface area contributed by atoms with Gasteiger partial charge in [0, 0.05) is 44.2 Å². The Hall–Kier alpha value is -4.72. The van der Waals surface area contributed by atoms with Gasteiger partial charge in [-0.25, -0.2) is 0 Å². The number of alkyl halides is 6. The van der Waals surface area contributed by atoms with Gasteiger partial charge in [-0.1, -0.05) is 112 Å². The number of halogens is 6. The fourth-order valence-corrected chi connectivity index (χ4v) is 6.79. The van der Waals surface area contributed by atoms with Crippen LogP contribution in [0, 0.1) is 0 Å². The number of fused-ring (bicyclic) bond motifs is 2. The number of hydrogen-bond donors (Lipinski definition) is 0. The van der Waals surface area contributed by atoms with Gasteiger partial charge < -0.3 is 8.83 Å². The number of allylic oxidation sites excluding steroid dienone is 2. The predicted octanol–water partition coefficient (Wildman–Crippen LogP) is 13.0. The molecule has 0 radical (unpaired) electrons. The van der Waals surface area contributed by atoms with Crippen LogP contribution in [0.5, 0.6) is 0 Å². The van der Waals surface area contributed by atoms with Gasteiger partial charge >= 0.3 is 17.8 Å². The van der Waals surface area contributed by atoms with Crippen molar-refractivity contribution < 1.29 is 35.2 Å². The highest BCUT2D eigenvalue weighted by molar-refractivity contribution is 6.15. The zero-order valence-corrected chi connectivity index (χ0v) is 27.1. The van der Waals surface area contributed by atoms with Crippen molar-refractivity contribution in [3.8, 4) is 22.6 Å². The molecule has 8 heteroatoms. The normalized spacial score (nSPS) is 16.7. The molecule has 49 heavy (non-hydrogen) atoms. The maximum atomic E-state index is 16.5. The summed E-state index contributed by atoms with van der Waals surface area (Å²) in [6.07, 6.45) is 5.38. The van der Waals surface area contributed by atoms with Crippen LogP contribution in [0.4, 0.5) is 26.3 Å². The lowest BCUT2D eigenvalue weighted by atomic mass is 9.89. The number of hydrogen-bond acceptors (Lipinski definition) is 2. The molecule has 0 spiro atoms. The van der Waals surface area contributed by atoms with Gasteiger partial charge in [0.2, 0.25) is 0 Å². The third-order valence-corrected chi connectivity index (χ3v) is 9.43. The molecule has 252 valence electrons. The minimum atomic E-state index is -5.77. The van der Waals surface area contributed by atoms with E-state index in [-0.39, 0.29) is 33.5 Å². The molecule has 0 aliphatic heterocycles. The van der Waals surface area contributed by atoms with E-state index < -0.39 is 40.0 Å². The second kappa shape index (κ2) is 12.3. The van der Waals surface area contributed by atoms with Gasteiger partial charge in [-0.3, -0.25) is 0 Å². The molecule has 2 nitrogen and oxygen atoms in total. The number of rotatable bonds is 10. The average molecular weight is 673 g/mol. The summed E-state index contributed by atoms with van der Waals surface area (Å²) < 4.78 is 110. The fraction of sp³-hybridized carbons (Fsp3) is 0.268. The molecule has 0 saturated carbocycles. The topological polar surface area (TPSA) is 26.3 Å². The predicted molar refractivity (Wildman–Crippen MR) is 182 cm³/mol. The number of para-hydroxylation sites is 2. The van der Waals surface area contributed by atoms with Crippen molar-refractivity contribution in [2.24, 2.45) is 0 Å². The number of furan rings is 2. The highest BCUT2D eigenvalue weighted by atomic mass is 19.3. The van der Waals surface area contributed by atoms with Gasteiger partial charge in [0.1, 0.15) is 22.7 Å². The maximum absolute atomic E-state index is 16.5. The van der Waals surface area contributed by atoms with E-state index in [0.717, 1.165) is 49.7 Å². The van der Waals surface area contributed by atoms with Crippen LogP contribution in [0.2, 0.25) is 0 Å². The van der Waals surface area contributed by atoms with Crippen LogP contribution in [-0.2, 0) is 12.8 Å². The molecule has 2 aromatic heterocycles. The van der Waals surface area contributed by atoms with Gasteiger partial charge in [0.15, 0.2) is 0 Å². The first kappa shape index (κ1) is 32.8. The lowest BCUT2D eigenvalue weighted by molar-refractivity contribution is -0.254. The second-order valence-electron chi connectivity index (χ2n) is 12.7. The van der Waals surface area contributed by atoms with E-state index >= 15 is 26.3 Å². The van der Waals surface area contributed by atoms with Crippen molar-refractivity contribution >= 4 is 33.1 Å². The van der Waals surface area contributed by atoms with Crippen LogP contribution < -0.4 is 0 Å². The summed E-state index contributed by atoms with van der Waals surface area (Å²) in [5.74, 6) is -16.8. The van der Waals surface area contributed by atoms with Crippen molar-refractivity contribution in [3.05, 3.63) is 119 Å². The van der Waals surface area contributed by atoms with Crippen LogP contribution in [0.15, 0.2) is 106 Å². The third-order valence-electron chi connectivity index (χ3n) is 9.43. The number of benzene rings is 4. The molecule has 7 rings (SSSR count). The minimum Gasteiger partial charge on any atom is -0.455 e. The molecule has 0 unspecified atom stereocenters. The van der Waals surface area contributed by atoms with E-state index in [1.807, 2.05) is 0 Å². The molecule has 0 saturated heterocycles. The molecular formula is C41H34F6O2. The highest BCUT2D eigenvalue weighted by Crippen LogP contribution is 2.67. The first-order valence-corrected chi connectivity index (χ1v) is 16.6. The molecular weight excluding hydrogens is 638 g/mol. The summed E-state index contributed by atoms with van der Waals surface area (Å²) in [7, 11) is 0. The smallest absolute Gasteiger partial charge is 0.380 e. The summed E-state index contributed by atoms with van der Waals surface area (Å²) in [5.41, 5.74) is -1.19.